The third kappa shape index (κ3) is 22.2. The first-order chi connectivity index (χ1) is 17.6. The van der Waals surface area contributed by atoms with Gasteiger partial charge in [0.1, 0.15) is 16.8 Å². The fourth-order valence-electron chi connectivity index (χ4n) is 2.85. The van der Waals surface area contributed by atoms with Crippen LogP contribution in [-0.4, -0.2) is 83.3 Å². The molecule has 3 amide bonds. The number of nitrogens with two attached hydrogens (primary N) is 1. The Morgan fingerprint density at radius 1 is 0.923 bits per heavy atom. The minimum Gasteiger partial charge on any atom is -0.444 e. The van der Waals surface area contributed by atoms with Crippen LogP contribution in [0.1, 0.15) is 75.2 Å². The Labute approximate surface area is 229 Å². The van der Waals surface area contributed by atoms with Crippen molar-refractivity contribution in [3.63, 3.8) is 0 Å². The van der Waals surface area contributed by atoms with Gasteiger partial charge in [-0.05, 0) is 75.2 Å². The standard InChI is InChI=1S/C23H46N8O8/c1-21(2,3)37-18(32)26-13-14-30(29-20(34)39-23(7,8)9)15-16(27-19(33)38-22(4,5)6)11-10-12-25-17(24)28-31(35)36/h16H,10-15H2,1-9H3,(H,26,32)(H,27,33)(H,29,34)(H3,24,25,28)/t16-/m0/s1. The number of rotatable bonds is 12. The number of ether oxygens (including phenoxy) is 3. The van der Waals surface area contributed by atoms with Crippen molar-refractivity contribution in [1.82, 2.24) is 26.5 Å². The van der Waals surface area contributed by atoms with E-state index in [-0.39, 0.29) is 32.1 Å². The van der Waals surface area contributed by atoms with E-state index < -0.39 is 46.2 Å². The van der Waals surface area contributed by atoms with E-state index in [1.54, 1.807) is 67.7 Å². The Bertz CT molecular complexity index is 847. The first kappa shape index (κ1) is 35.4. The van der Waals surface area contributed by atoms with Crippen molar-refractivity contribution in [3.05, 3.63) is 10.1 Å². The van der Waals surface area contributed by atoms with Crippen molar-refractivity contribution < 1.29 is 33.6 Å². The second-order valence-electron chi connectivity index (χ2n) is 11.6. The number of nitrogens with zero attached hydrogens (tertiary/aromatic N) is 3. The van der Waals surface area contributed by atoms with Gasteiger partial charge in [-0.1, -0.05) is 5.43 Å². The number of carbonyl (C=O) groups is 3. The molecule has 0 fully saturated rings. The van der Waals surface area contributed by atoms with E-state index in [1.807, 2.05) is 0 Å². The van der Waals surface area contributed by atoms with Crippen LogP contribution in [0.25, 0.3) is 0 Å². The van der Waals surface area contributed by atoms with Crippen LogP contribution in [0.15, 0.2) is 4.99 Å². The number of aliphatic imine (C=N–C) groups is 1. The van der Waals surface area contributed by atoms with Crippen LogP contribution >= 0.6 is 0 Å². The SMILES string of the molecule is CC(C)(C)OC(=O)NCCN(C[C@H](CCCN=C(N)N[N+](=O)[O-])NC(=O)OC(C)(C)C)NC(=O)OC(C)(C)C. The highest BCUT2D eigenvalue weighted by Gasteiger charge is 2.24. The summed E-state index contributed by atoms with van der Waals surface area (Å²) in [6.07, 6.45) is -1.28. The molecule has 0 aromatic heterocycles. The van der Waals surface area contributed by atoms with E-state index in [4.69, 9.17) is 19.9 Å². The number of hydrogen-bond acceptors (Lipinski definition) is 10. The van der Waals surface area contributed by atoms with E-state index in [1.165, 1.54) is 5.01 Å². The summed E-state index contributed by atoms with van der Waals surface area (Å²) in [6.45, 7) is 16.0. The van der Waals surface area contributed by atoms with Gasteiger partial charge in [-0.2, -0.15) is 0 Å². The average Bonchev–Trinajstić information content (AvgIpc) is 2.66. The molecule has 0 spiro atoms. The van der Waals surface area contributed by atoms with Crippen LogP contribution in [0.2, 0.25) is 0 Å². The summed E-state index contributed by atoms with van der Waals surface area (Å²) in [5, 5.41) is 16.5. The Kier molecular flexibility index (Phi) is 14.3. The van der Waals surface area contributed by atoms with Gasteiger partial charge in [0, 0.05) is 32.2 Å². The van der Waals surface area contributed by atoms with E-state index in [0.717, 1.165) is 0 Å². The van der Waals surface area contributed by atoms with Crippen LogP contribution in [-0.2, 0) is 14.2 Å². The predicted molar refractivity (Wildman–Crippen MR) is 144 cm³/mol. The summed E-state index contributed by atoms with van der Waals surface area (Å²) in [5.41, 5.74) is 7.65. The number of nitro groups is 1. The van der Waals surface area contributed by atoms with E-state index in [2.05, 4.69) is 21.1 Å². The zero-order chi connectivity index (χ0) is 30.4. The smallest absolute Gasteiger partial charge is 0.422 e. The number of alkyl carbamates (subject to hydrolysis) is 2. The van der Waals surface area contributed by atoms with Crippen molar-refractivity contribution in [3.8, 4) is 0 Å². The van der Waals surface area contributed by atoms with Gasteiger partial charge in [-0.15, -0.1) is 0 Å². The van der Waals surface area contributed by atoms with Crippen LogP contribution < -0.4 is 27.2 Å². The molecule has 0 aliphatic carbocycles. The highest BCUT2D eigenvalue weighted by molar-refractivity contribution is 5.76. The molecular weight excluding hydrogens is 516 g/mol. The number of hydrazine groups is 2. The summed E-state index contributed by atoms with van der Waals surface area (Å²) in [4.78, 5) is 51.3. The first-order valence-corrected chi connectivity index (χ1v) is 12.6. The second-order valence-corrected chi connectivity index (χ2v) is 11.6. The minimum atomic E-state index is -0.822. The molecule has 0 aliphatic heterocycles. The lowest BCUT2D eigenvalue weighted by Crippen LogP contribution is -2.53. The number of carbonyl (C=O) groups excluding carboxylic acids is 3. The lowest BCUT2D eigenvalue weighted by Gasteiger charge is -2.30. The largest absolute Gasteiger partial charge is 0.444 e. The lowest BCUT2D eigenvalue weighted by molar-refractivity contribution is -0.525. The van der Waals surface area contributed by atoms with E-state index in [9.17, 15) is 24.5 Å². The molecule has 0 rings (SSSR count). The minimum absolute atomic E-state index is 0.0980. The number of hydrogen-bond donors (Lipinski definition) is 5. The molecule has 0 saturated carbocycles. The molecule has 0 radical (unpaired) electrons. The molecule has 6 N–H and O–H groups in total. The molecule has 0 aromatic rings. The van der Waals surface area contributed by atoms with E-state index >= 15 is 0 Å². The molecule has 39 heavy (non-hydrogen) atoms. The molecule has 0 aromatic carbocycles. The molecule has 226 valence electrons. The van der Waals surface area contributed by atoms with Crippen molar-refractivity contribution >= 4 is 24.2 Å². The molecule has 0 unspecified atom stereocenters. The van der Waals surface area contributed by atoms with Crippen LogP contribution in [0.3, 0.4) is 0 Å². The van der Waals surface area contributed by atoms with Gasteiger partial charge in [0.2, 0.25) is 0 Å². The second kappa shape index (κ2) is 15.8. The summed E-state index contributed by atoms with van der Waals surface area (Å²) in [7, 11) is 0. The lowest BCUT2D eigenvalue weighted by atomic mass is 10.1. The quantitative estimate of drug-likeness (QED) is 0.0579. The monoisotopic (exact) mass is 562 g/mol. The topological polar surface area (TPSA) is 212 Å². The van der Waals surface area contributed by atoms with Gasteiger partial charge >= 0.3 is 18.3 Å². The highest BCUT2D eigenvalue weighted by Crippen LogP contribution is 2.10. The van der Waals surface area contributed by atoms with Gasteiger partial charge < -0.3 is 30.6 Å². The zero-order valence-corrected chi connectivity index (χ0v) is 24.5. The predicted octanol–water partition coefficient (Wildman–Crippen LogP) is 2.02. The molecular formula is C23H46N8O8. The van der Waals surface area contributed by atoms with E-state index in [0.29, 0.717) is 12.8 Å². The molecule has 0 aliphatic rings. The highest BCUT2D eigenvalue weighted by atomic mass is 16.7. The third-order valence-corrected chi connectivity index (χ3v) is 4.06. The number of amides is 3. The van der Waals surface area contributed by atoms with Crippen LogP contribution in [0.5, 0.6) is 0 Å². The Balaban J connectivity index is 5.51. The van der Waals surface area contributed by atoms with Gasteiger partial charge in [0.05, 0.1) is 0 Å². The summed E-state index contributed by atoms with van der Waals surface area (Å²) < 4.78 is 15.9. The number of nitrogens with one attached hydrogen (secondary N) is 4. The van der Waals surface area contributed by atoms with Crippen molar-refractivity contribution in [2.75, 3.05) is 26.2 Å². The molecule has 16 nitrogen and oxygen atoms in total. The maximum absolute atomic E-state index is 12.5. The van der Waals surface area contributed by atoms with Crippen LogP contribution in [0, 0.1) is 10.1 Å². The fourth-order valence-corrected chi connectivity index (χ4v) is 2.85. The third-order valence-electron chi connectivity index (χ3n) is 4.06. The molecule has 0 heterocycles. The normalized spacial score (nSPS) is 13.2. The fraction of sp³-hybridized carbons (Fsp3) is 0.826. The Morgan fingerprint density at radius 2 is 1.44 bits per heavy atom. The summed E-state index contributed by atoms with van der Waals surface area (Å²) >= 11 is 0. The van der Waals surface area contributed by atoms with Gasteiger partial charge in [-0.25, -0.2) is 34.5 Å². The van der Waals surface area contributed by atoms with Crippen LogP contribution in [0.4, 0.5) is 14.4 Å². The summed E-state index contributed by atoms with van der Waals surface area (Å²) in [5.74, 6) is -0.349. The maximum Gasteiger partial charge on any atom is 0.422 e. The molecule has 1 atom stereocenters. The first-order valence-electron chi connectivity index (χ1n) is 12.6. The zero-order valence-electron chi connectivity index (χ0n) is 24.5. The van der Waals surface area contributed by atoms with Gasteiger partial charge in [0.25, 0.3) is 5.96 Å². The number of guanidine groups is 1. The maximum atomic E-state index is 12.5. The van der Waals surface area contributed by atoms with Crippen molar-refractivity contribution in [2.24, 2.45) is 10.7 Å². The molecule has 0 saturated heterocycles. The molecule has 16 heteroatoms. The average molecular weight is 563 g/mol. The van der Waals surface area contributed by atoms with Gasteiger partial charge in [0.15, 0.2) is 5.03 Å². The Hall–Kier alpha value is -3.56. The Morgan fingerprint density at radius 3 is 1.95 bits per heavy atom. The van der Waals surface area contributed by atoms with Crippen molar-refractivity contribution in [1.29, 1.82) is 0 Å². The summed E-state index contributed by atoms with van der Waals surface area (Å²) in [6, 6.07) is -0.559. The molecule has 0 bridgehead atoms. The van der Waals surface area contributed by atoms with Crippen molar-refractivity contribution in [2.45, 2.75) is 98.0 Å². The van der Waals surface area contributed by atoms with Gasteiger partial charge in [-0.3, -0.25) is 5.43 Å².